The number of benzene rings is 2. The van der Waals surface area contributed by atoms with Crippen molar-refractivity contribution < 1.29 is 4.79 Å². The van der Waals surface area contributed by atoms with E-state index in [9.17, 15) is 4.79 Å². The van der Waals surface area contributed by atoms with Gasteiger partial charge in [-0.3, -0.25) is 4.79 Å². The summed E-state index contributed by atoms with van der Waals surface area (Å²) >= 11 is 2.23. The van der Waals surface area contributed by atoms with Gasteiger partial charge in [0.1, 0.15) is 0 Å². The third kappa shape index (κ3) is 4.35. The molecule has 1 atom stereocenters. The Kier molecular flexibility index (Phi) is 4.96. The van der Waals surface area contributed by atoms with Crippen LogP contribution in [0.3, 0.4) is 0 Å². The molecular weight excluding hydrogens is 349 g/mol. The Labute approximate surface area is 127 Å². The molecule has 98 valence electrons. The van der Waals surface area contributed by atoms with Gasteiger partial charge < -0.3 is 5.32 Å². The molecule has 0 aliphatic carbocycles. The van der Waals surface area contributed by atoms with Crippen LogP contribution in [0.15, 0.2) is 54.6 Å². The minimum atomic E-state index is -0.0140. The molecule has 19 heavy (non-hydrogen) atoms. The number of amides is 1. The van der Waals surface area contributed by atoms with Crippen LogP contribution in [0.4, 0.5) is 0 Å². The molecule has 1 N–H and O–H groups in total. The quantitative estimate of drug-likeness (QED) is 0.824. The first kappa shape index (κ1) is 14.1. The highest BCUT2D eigenvalue weighted by Crippen LogP contribution is 2.08. The van der Waals surface area contributed by atoms with Crippen LogP contribution in [0.25, 0.3) is 0 Å². The van der Waals surface area contributed by atoms with Crippen molar-refractivity contribution in [3.05, 3.63) is 69.3 Å². The topological polar surface area (TPSA) is 29.1 Å². The monoisotopic (exact) mass is 365 g/mol. The van der Waals surface area contributed by atoms with E-state index in [1.165, 1.54) is 5.56 Å². The van der Waals surface area contributed by atoms with Gasteiger partial charge in [0.15, 0.2) is 0 Å². The molecular formula is C16H16INO. The zero-order valence-corrected chi connectivity index (χ0v) is 12.9. The van der Waals surface area contributed by atoms with Crippen LogP contribution in [-0.2, 0) is 6.42 Å². The van der Waals surface area contributed by atoms with Crippen LogP contribution in [0, 0.1) is 3.57 Å². The van der Waals surface area contributed by atoms with E-state index in [1.807, 2.05) is 49.4 Å². The summed E-state index contributed by atoms with van der Waals surface area (Å²) in [4.78, 5) is 12.0. The fraction of sp³-hybridized carbons (Fsp3) is 0.188. The molecule has 0 heterocycles. The highest BCUT2D eigenvalue weighted by Gasteiger charge is 2.09. The van der Waals surface area contributed by atoms with Crippen LogP contribution in [0.5, 0.6) is 0 Å². The maximum absolute atomic E-state index is 12.0. The van der Waals surface area contributed by atoms with Crippen molar-refractivity contribution in [1.29, 1.82) is 0 Å². The SMILES string of the molecule is CC(Cc1ccccc1)NC(=O)c1ccc(I)cc1. The van der Waals surface area contributed by atoms with Gasteiger partial charge in [-0.05, 0) is 65.8 Å². The number of nitrogens with one attached hydrogen (secondary N) is 1. The van der Waals surface area contributed by atoms with E-state index >= 15 is 0 Å². The standard InChI is InChI=1S/C16H16INO/c1-12(11-13-5-3-2-4-6-13)18-16(19)14-7-9-15(17)10-8-14/h2-10,12H,11H2,1H3,(H,18,19). The van der Waals surface area contributed by atoms with Crippen molar-refractivity contribution in [3.8, 4) is 0 Å². The fourth-order valence-electron chi connectivity index (χ4n) is 1.93. The molecule has 0 saturated heterocycles. The zero-order chi connectivity index (χ0) is 13.7. The minimum Gasteiger partial charge on any atom is -0.349 e. The summed E-state index contributed by atoms with van der Waals surface area (Å²) in [5.74, 6) is -0.0140. The number of carbonyl (C=O) groups excluding carboxylic acids is 1. The number of hydrogen-bond acceptors (Lipinski definition) is 1. The number of halogens is 1. The van der Waals surface area contributed by atoms with Gasteiger partial charge in [-0.1, -0.05) is 30.3 Å². The number of carbonyl (C=O) groups is 1. The molecule has 3 heteroatoms. The second kappa shape index (κ2) is 6.70. The Bertz CT molecular complexity index is 536. The van der Waals surface area contributed by atoms with Crippen molar-refractivity contribution in [3.63, 3.8) is 0 Å². The molecule has 2 rings (SSSR count). The minimum absolute atomic E-state index is 0.0140. The highest BCUT2D eigenvalue weighted by atomic mass is 127. The van der Waals surface area contributed by atoms with Gasteiger partial charge in [-0.2, -0.15) is 0 Å². The summed E-state index contributed by atoms with van der Waals surface area (Å²) in [5, 5.41) is 3.02. The Hall–Kier alpha value is -1.36. The molecule has 0 aliphatic heterocycles. The first-order valence-corrected chi connectivity index (χ1v) is 7.33. The maximum atomic E-state index is 12.0. The first-order valence-electron chi connectivity index (χ1n) is 6.25. The smallest absolute Gasteiger partial charge is 0.251 e. The molecule has 1 amide bonds. The van der Waals surface area contributed by atoms with Gasteiger partial charge in [-0.25, -0.2) is 0 Å². The van der Waals surface area contributed by atoms with E-state index in [0.29, 0.717) is 5.56 Å². The lowest BCUT2D eigenvalue weighted by atomic mass is 10.1. The molecule has 2 nitrogen and oxygen atoms in total. The van der Waals surface area contributed by atoms with E-state index in [4.69, 9.17) is 0 Å². The van der Waals surface area contributed by atoms with Crippen LogP contribution in [0.2, 0.25) is 0 Å². The Morgan fingerprint density at radius 1 is 1.11 bits per heavy atom. The predicted molar refractivity (Wildman–Crippen MR) is 86.2 cm³/mol. The average Bonchev–Trinajstić information content (AvgIpc) is 2.40. The summed E-state index contributed by atoms with van der Waals surface area (Å²) in [6.45, 7) is 2.03. The van der Waals surface area contributed by atoms with E-state index in [2.05, 4.69) is 40.0 Å². The van der Waals surface area contributed by atoms with Crippen molar-refractivity contribution in [2.75, 3.05) is 0 Å². The Morgan fingerprint density at radius 3 is 2.37 bits per heavy atom. The van der Waals surface area contributed by atoms with Crippen LogP contribution < -0.4 is 5.32 Å². The summed E-state index contributed by atoms with van der Waals surface area (Å²) < 4.78 is 1.13. The third-order valence-electron chi connectivity index (χ3n) is 2.87. The van der Waals surface area contributed by atoms with Gasteiger partial charge in [0, 0.05) is 15.2 Å². The summed E-state index contributed by atoms with van der Waals surface area (Å²) in [5.41, 5.74) is 1.94. The Morgan fingerprint density at radius 2 is 1.74 bits per heavy atom. The molecule has 0 radical (unpaired) electrons. The fourth-order valence-corrected chi connectivity index (χ4v) is 2.29. The largest absolute Gasteiger partial charge is 0.349 e. The normalized spacial score (nSPS) is 11.9. The molecule has 0 bridgehead atoms. The molecule has 2 aromatic carbocycles. The predicted octanol–water partition coefficient (Wildman–Crippen LogP) is 3.65. The van der Waals surface area contributed by atoms with Gasteiger partial charge in [0.05, 0.1) is 0 Å². The molecule has 0 fully saturated rings. The van der Waals surface area contributed by atoms with E-state index < -0.39 is 0 Å². The second-order valence-corrected chi connectivity index (χ2v) is 5.82. The van der Waals surface area contributed by atoms with Crippen molar-refractivity contribution in [2.24, 2.45) is 0 Å². The lowest BCUT2D eigenvalue weighted by Crippen LogP contribution is -2.34. The molecule has 0 saturated carbocycles. The number of rotatable bonds is 4. The molecule has 1 unspecified atom stereocenters. The first-order chi connectivity index (χ1) is 9.15. The van der Waals surface area contributed by atoms with Crippen LogP contribution >= 0.6 is 22.6 Å². The molecule has 2 aromatic rings. The lowest BCUT2D eigenvalue weighted by molar-refractivity contribution is 0.0940. The molecule has 0 aromatic heterocycles. The third-order valence-corrected chi connectivity index (χ3v) is 3.59. The van der Waals surface area contributed by atoms with E-state index in [1.54, 1.807) is 0 Å². The van der Waals surface area contributed by atoms with Crippen molar-refractivity contribution in [2.45, 2.75) is 19.4 Å². The summed E-state index contributed by atoms with van der Waals surface area (Å²) in [6.07, 6.45) is 0.844. The van der Waals surface area contributed by atoms with Crippen molar-refractivity contribution in [1.82, 2.24) is 5.32 Å². The van der Waals surface area contributed by atoms with Crippen molar-refractivity contribution >= 4 is 28.5 Å². The average molecular weight is 365 g/mol. The zero-order valence-electron chi connectivity index (χ0n) is 10.8. The molecule has 0 spiro atoms. The summed E-state index contributed by atoms with van der Waals surface area (Å²) in [7, 11) is 0. The van der Waals surface area contributed by atoms with Gasteiger partial charge in [0.25, 0.3) is 5.91 Å². The number of hydrogen-bond donors (Lipinski definition) is 1. The van der Waals surface area contributed by atoms with E-state index in [0.717, 1.165) is 9.99 Å². The Balaban J connectivity index is 1.93. The van der Waals surface area contributed by atoms with Crippen LogP contribution in [0.1, 0.15) is 22.8 Å². The lowest BCUT2D eigenvalue weighted by Gasteiger charge is -2.14. The van der Waals surface area contributed by atoms with Gasteiger partial charge in [-0.15, -0.1) is 0 Å². The van der Waals surface area contributed by atoms with Gasteiger partial charge in [0.2, 0.25) is 0 Å². The summed E-state index contributed by atoms with van der Waals surface area (Å²) in [6, 6.07) is 17.9. The highest BCUT2D eigenvalue weighted by molar-refractivity contribution is 14.1. The second-order valence-electron chi connectivity index (χ2n) is 4.57. The molecule has 0 aliphatic rings. The van der Waals surface area contributed by atoms with Crippen LogP contribution in [-0.4, -0.2) is 11.9 Å². The maximum Gasteiger partial charge on any atom is 0.251 e. The van der Waals surface area contributed by atoms with E-state index in [-0.39, 0.29) is 11.9 Å². The van der Waals surface area contributed by atoms with Gasteiger partial charge >= 0.3 is 0 Å².